The number of aliphatic carboxylic acids is 1. The van der Waals surface area contributed by atoms with Crippen LogP contribution < -0.4 is 37.3 Å². The van der Waals surface area contributed by atoms with Crippen molar-refractivity contribution in [3.63, 3.8) is 0 Å². The van der Waals surface area contributed by atoms with Crippen molar-refractivity contribution in [2.75, 3.05) is 43.2 Å². The second-order valence-corrected chi connectivity index (χ2v) is 12.9. The van der Waals surface area contributed by atoms with Crippen molar-refractivity contribution in [2.24, 2.45) is 16.5 Å². The monoisotopic (exact) mass is 794 g/mol. The van der Waals surface area contributed by atoms with Crippen LogP contribution in [0.1, 0.15) is 47.4 Å². The molecule has 0 atom stereocenters. The summed E-state index contributed by atoms with van der Waals surface area (Å²) in [6, 6.07) is 6.27. The number of hydrogen-bond donors (Lipinski definition) is 6. The Morgan fingerprint density at radius 1 is 0.931 bits per heavy atom. The highest BCUT2D eigenvalue weighted by molar-refractivity contribution is 6.47. The number of nitrogens with zero attached hydrogens (tertiary/aromatic N) is 7. The summed E-state index contributed by atoms with van der Waals surface area (Å²) in [7, 11) is 1.71. The van der Waals surface area contributed by atoms with Gasteiger partial charge in [-0.3, -0.25) is 34.2 Å². The van der Waals surface area contributed by atoms with E-state index in [9.17, 15) is 19.2 Å². The fraction of sp³-hybridized carbons (Fsp3) is 0.282. The smallest absolute Gasteiger partial charge is 0.303 e. The van der Waals surface area contributed by atoms with Gasteiger partial charge >= 0.3 is 5.97 Å². The van der Waals surface area contributed by atoms with Crippen LogP contribution >= 0.6 is 0 Å². The Morgan fingerprint density at radius 2 is 1.60 bits per heavy atom. The lowest BCUT2D eigenvalue weighted by molar-refractivity contribution is -0.137. The quantitative estimate of drug-likeness (QED) is 0.0269. The Kier molecular flexibility index (Phi) is 14.0. The Hall–Kier alpha value is -7.44. The molecule has 304 valence electrons. The molecule has 19 nitrogen and oxygen atoms in total. The zero-order valence-corrected chi connectivity index (χ0v) is 32.3. The SMILES string of the molecule is CCN=C(/C=C(/C)N)C(=O)Nc1nc2cc(C(N)=O)cc(OC/C=C/Cn3cc(N)cn3)c2n1C/C=C/Cn1c(NC)nc2cc(C=O)cc(OCCCC(=O)O)c21. The Labute approximate surface area is 332 Å². The number of benzene rings is 2. The average Bonchev–Trinajstić information content (AvgIpc) is 3.88. The lowest BCUT2D eigenvalue weighted by atomic mass is 10.1. The minimum absolute atomic E-state index is 0.0724. The van der Waals surface area contributed by atoms with Gasteiger partial charge in [0.1, 0.15) is 41.1 Å². The molecule has 2 amide bonds. The summed E-state index contributed by atoms with van der Waals surface area (Å²) in [4.78, 5) is 62.4. The highest BCUT2D eigenvalue weighted by Gasteiger charge is 2.21. The van der Waals surface area contributed by atoms with E-state index in [1.54, 1.807) is 60.7 Å². The number of ether oxygens (including phenoxy) is 2. The fourth-order valence-corrected chi connectivity index (χ4v) is 5.92. The van der Waals surface area contributed by atoms with E-state index in [0.717, 1.165) is 0 Å². The zero-order chi connectivity index (χ0) is 41.8. The van der Waals surface area contributed by atoms with Gasteiger partial charge in [0, 0.05) is 56.1 Å². The summed E-state index contributed by atoms with van der Waals surface area (Å²) < 4.78 is 17.4. The van der Waals surface area contributed by atoms with Crippen LogP contribution in [-0.2, 0) is 29.2 Å². The lowest BCUT2D eigenvalue weighted by Gasteiger charge is -2.13. The molecule has 9 N–H and O–H groups in total. The second kappa shape index (κ2) is 19.4. The number of nitrogen functional groups attached to an aromatic ring is 1. The second-order valence-electron chi connectivity index (χ2n) is 12.9. The molecule has 3 aromatic heterocycles. The number of carboxylic acid groups (broad SMARTS) is 1. The first kappa shape index (κ1) is 41.7. The fourth-order valence-electron chi connectivity index (χ4n) is 5.92. The van der Waals surface area contributed by atoms with Gasteiger partial charge in [-0.15, -0.1) is 0 Å². The Morgan fingerprint density at radius 3 is 2.22 bits per heavy atom. The number of anilines is 3. The number of rotatable bonds is 21. The largest absolute Gasteiger partial charge is 0.491 e. The van der Waals surface area contributed by atoms with E-state index >= 15 is 0 Å². The minimum Gasteiger partial charge on any atom is -0.491 e. The summed E-state index contributed by atoms with van der Waals surface area (Å²) in [5.41, 5.74) is 20.8. The summed E-state index contributed by atoms with van der Waals surface area (Å²) >= 11 is 0. The molecule has 0 aliphatic heterocycles. The third-order valence-corrected chi connectivity index (χ3v) is 8.41. The normalized spacial score (nSPS) is 12.2. The molecule has 3 heterocycles. The van der Waals surface area contributed by atoms with Crippen LogP contribution in [0.2, 0.25) is 0 Å². The Bertz CT molecular complexity index is 2430. The molecule has 0 saturated carbocycles. The van der Waals surface area contributed by atoms with Crippen molar-refractivity contribution in [1.82, 2.24) is 28.9 Å². The van der Waals surface area contributed by atoms with Crippen LogP contribution in [0.25, 0.3) is 22.1 Å². The molecule has 0 saturated heterocycles. The van der Waals surface area contributed by atoms with Crippen molar-refractivity contribution < 1.29 is 33.8 Å². The van der Waals surface area contributed by atoms with Gasteiger partial charge in [0.15, 0.2) is 0 Å². The van der Waals surface area contributed by atoms with Gasteiger partial charge in [-0.05, 0) is 56.7 Å². The van der Waals surface area contributed by atoms with Crippen LogP contribution in [0, 0.1) is 0 Å². The number of primary amides is 1. The van der Waals surface area contributed by atoms with Gasteiger partial charge < -0.3 is 46.2 Å². The number of nitrogens with two attached hydrogens (primary N) is 3. The van der Waals surface area contributed by atoms with Gasteiger partial charge in [-0.2, -0.15) is 5.10 Å². The number of aldehydes is 1. The minimum atomic E-state index is -0.940. The topological polar surface area (TPSA) is 275 Å². The van der Waals surface area contributed by atoms with Crippen molar-refractivity contribution in [3.8, 4) is 11.5 Å². The number of allylic oxidation sites excluding steroid dienone is 4. The maximum Gasteiger partial charge on any atom is 0.303 e. The molecule has 0 aliphatic rings. The zero-order valence-electron chi connectivity index (χ0n) is 32.3. The van der Waals surface area contributed by atoms with E-state index in [2.05, 4.69) is 30.7 Å². The number of carboxylic acids is 1. The van der Waals surface area contributed by atoms with Crippen LogP contribution in [-0.4, -0.2) is 90.6 Å². The standard InChI is InChI=1S/C39H46N12O7/c1-4-44-30(16-24(2)40)37(56)48-39-47-29-19-26(36(42)55)20-32(57-14-8-7-11-49-22-27(41)21-45-49)35(29)51(39)13-6-5-12-50-34-28(46-38(50)43-3)17-25(23-52)18-31(34)58-15-9-10-33(53)54/h5-8,16-23H,4,9-15,40-41H2,1-3H3,(H2,42,55)(H,43,46)(H,53,54)(H,47,48,56)/b6-5+,8-7+,24-16-,44-30?. The van der Waals surface area contributed by atoms with Crippen LogP contribution in [0.5, 0.6) is 11.5 Å². The predicted molar refractivity (Wildman–Crippen MR) is 220 cm³/mol. The van der Waals surface area contributed by atoms with E-state index in [4.69, 9.17) is 31.8 Å². The summed E-state index contributed by atoms with van der Waals surface area (Å²) in [5, 5.41) is 19.1. The molecule has 19 heteroatoms. The van der Waals surface area contributed by atoms with Crippen LogP contribution in [0.4, 0.5) is 17.6 Å². The predicted octanol–water partition coefficient (Wildman–Crippen LogP) is 3.51. The van der Waals surface area contributed by atoms with Gasteiger partial charge in [0.05, 0.1) is 36.1 Å². The maximum atomic E-state index is 13.6. The number of carbonyl (C=O) groups excluding carboxylic acids is 3. The molecule has 58 heavy (non-hydrogen) atoms. The first-order chi connectivity index (χ1) is 27.9. The summed E-state index contributed by atoms with van der Waals surface area (Å²) in [6.07, 6.45) is 13.0. The highest BCUT2D eigenvalue weighted by Crippen LogP contribution is 2.33. The number of imidazole rings is 2. The van der Waals surface area contributed by atoms with E-state index in [-0.39, 0.29) is 62.1 Å². The first-order valence-electron chi connectivity index (χ1n) is 18.3. The first-order valence-corrected chi connectivity index (χ1v) is 18.3. The van der Waals surface area contributed by atoms with Crippen LogP contribution in [0.15, 0.2) is 77.7 Å². The number of aromatic nitrogens is 6. The van der Waals surface area contributed by atoms with E-state index in [1.807, 2.05) is 22.8 Å². The molecule has 5 aromatic rings. The summed E-state index contributed by atoms with van der Waals surface area (Å²) in [5.74, 6) is -0.904. The van der Waals surface area contributed by atoms with Gasteiger partial charge in [-0.25, -0.2) is 9.97 Å². The van der Waals surface area contributed by atoms with Gasteiger partial charge in [0.2, 0.25) is 17.8 Å². The molecule has 2 aromatic carbocycles. The van der Waals surface area contributed by atoms with Crippen LogP contribution in [0.3, 0.4) is 0 Å². The molecular formula is C39H46N12O7. The Balaban J connectivity index is 1.51. The van der Waals surface area contributed by atoms with Gasteiger partial charge in [-0.1, -0.05) is 18.2 Å². The van der Waals surface area contributed by atoms with Crippen molar-refractivity contribution in [2.45, 2.75) is 46.3 Å². The molecule has 0 aliphatic carbocycles. The number of fused-ring (bicyclic) bond motifs is 2. The maximum absolute atomic E-state index is 13.6. The van der Waals surface area contributed by atoms with E-state index < -0.39 is 17.8 Å². The number of aliphatic imine (C=N–C) groups is 1. The molecule has 0 spiro atoms. The van der Waals surface area contributed by atoms with Gasteiger partial charge in [0.25, 0.3) is 5.91 Å². The number of nitrogens with one attached hydrogen (secondary N) is 2. The highest BCUT2D eigenvalue weighted by atomic mass is 16.5. The van der Waals surface area contributed by atoms with E-state index in [1.165, 1.54) is 18.2 Å². The molecule has 0 unspecified atom stereocenters. The molecule has 0 bridgehead atoms. The van der Waals surface area contributed by atoms with Crippen molar-refractivity contribution in [3.05, 3.63) is 83.9 Å². The summed E-state index contributed by atoms with van der Waals surface area (Å²) in [6.45, 7) is 4.88. The molecular weight excluding hydrogens is 749 g/mol. The number of carbonyl (C=O) groups is 4. The third kappa shape index (κ3) is 10.4. The number of hydrogen-bond acceptors (Lipinski definition) is 13. The molecule has 5 rings (SSSR count). The average molecular weight is 795 g/mol. The lowest BCUT2D eigenvalue weighted by Crippen LogP contribution is -2.24. The van der Waals surface area contributed by atoms with Crippen molar-refractivity contribution in [1.29, 1.82) is 0 Å². The van der Waals surface area contributed by atoms with Crippen molar-refractivity contribution >= 4 is 69.4 Å². The van der Waals surface area contributed by atoms with E-state index in [0.29, 0.717) is 70.1 Å². The number of amides is 2. The molecule has 0 fully saturated rings. The molecule has 0 radical (unpaired) electrons. The third-order valence-electron chi connectivity index (χ3n) is 8.41.